The van der Waals surface area contributed by atoms with Gasteiger partial charge in [0.2, 0.25) is 0 Å². The van der Waals surface area contributed by atoms with Crippen molar-refractivity contribution in [1.82, 2.24) is 0 Å². The van der Waals surface area contributed by atoms with E-state index in [1.165, 1.54) is 12.1 Å². The molecule has 5 heteroatoms. The van der Waals surface area contributed by atoms with E-state index >= 15 is 0 Å². The third kappa shape index (κ3) is 2.95. The van der Waals surface area contributed by atoms with Crippen molar-refractivity contribution in [2.45, 2.75) is 11.8 Å². The Morgan fingerprint density at radius 1 is 1.17 bits per heavy atom. The van der Waals surface area contributed by atoms with Gasteiger partial charge in [-0.2, -0.15) is 8.42 Å². The maximum absolute atomic E-state index is 10.5. The Kier molecular flexibility index (Phi) is 3.93. The largest absolute Gasteiger partial charge is 2.00 e. The third-order valence-electron chi connectivity index (χ3n) is 1.32. The zero-order valence-corrected chi connectivity index (χ0v) is 8.26. The summed E-state index contributed by atoms with van der Waals surface area (Å²) in [6, 6.07) is 5.99. The van der Waals surface area contributed by atoms with E-state index in [0.29, 0.717) is 0 Å². The minimum absolute atomic E-state index is 0. The van der Waals surface area contributed by atoms with Gasteiger partial charge in [-0.05, 0) is 19.1 Å². The number of rotatable bonds is 1. The first-order valence-corrected chi connectivity index (χ1v) is 4.48. The molecule has 66 valence electrons. The van der Waals surface area contributed by atoms with Gasteiger partial charge >= 0.3 is 17.1 Å². The van der Waals surface area contributed by atoms with Crippen LogP contribution in [0.25, 0.3) is 0 Å². The summed E-state index contributed by atoms with van der Waals surface area (Å²) in [4.78, 5) is -0.0666. The van der Waals surface area contributed by atoms with Crippen LogP contribution in [0, 0.1) is 6.92 Å². The molecule has 1 rings (SSSR count). The Bertz CT molecular complexity index is 341. The molecule has 0 aliphatic carbocycles. The van der Waals surface area contributed by atoms with Crippen molar-refractivity contribution in [2.75, 3.05) is 0 Å². The van der Waals surface area contributed by atoms with Crippen LogP contribution in [-0.2, 0) is 27.2 Å². The summed E-state index contributed by atoms with van der Waals surface area (Å²) in [5, 5.41) is 0. The van der Waals surface area contributed by atoms with Gasteiger partial charge in [-0.3, -0.25) is 4.55 Å². The van der Waals surface area contributed by atoms with Gasteiger partial charge in [0.15, 0.2) is 0 Å². The van der Waals surface area contributed by atoms with Crippen LogP contribution < -0.4 is 0 Å². The summed E-state index contributed by atoms with van der Waals surface area (Å²) in [7, 11) is -4.02. The molecule has 0 spiro atoms. The third-order valence-corrected chi connectivity index (χ3v) is 2.19. The Hall–Kier alpha value is -0.351. The molecule has 0 heterocycles. The van der Waals surface area contributed by atoms with Crippen LogP contribution in [0.1, 0.15) is 5.56 Å². The van der Waals surface area contributed by atoms with Crippen LogP contribution in [0.2, 0.25) is 0 Å². The second-order valence-corrected chi connectivity index (χ2v) is 3.71. The topological polar surface area (TPSA) is 54.4 Å². The molecule has 0 aromatic heterocycles. The maximum Gasteiger partial charge on any atom is 2.00 e. The van der Waals surface area contributed by atoms with Crippen molar-refractivity contribution >= 4 is 10.1 Å². The SMILES string of the molecule is Cc1ccc(S(=O)(=O)O)cc1.[Fe+2]. The monoisotopic (exact) mass is 228 g/mol. The minimum Gasteiger partial charge on any atom is -0.282 e. The van der Waals surface area contributed by atoms with E-state index in [0.717, 1.165) is 5.56 Å². The molecule has 0 unspecified atom stereocenters. The number of benzene rings is 1. The zero-order valence-electron chi connectivity index (χ0n) is 6.33. The summed E-state index contributed by atoms with van der Waals surface area (Å²) in [6.07, 6.45) is 0. The summed E-state index contributed by atoms with van der Waals surface area (Å²) < 4.78 is 29.6. The average molecular weight is 228 g/mol. The molecule has 0 saturated carbocycles. The van der Waals surface area contributed by atoms with E-state index in [9.17, 15) is 8.42 Å². The zero-order chi connectivity index (χ0) is 8.48. The summed E-state index contributed by atoms with van der Waals surface area (Å²) in [5.41, 5.74) is 0.956. The van der Waals surface area contributed by atoms with Crippen molar-refractivity contribution in [1.29, 1.82) is 0 Å². The predicted molar refractivity (Wildman–Crippen MR) is 41.0 cm³/mol. The van der Waals surface area contributed by atoms with Crippen LogP contribution in [0.15, 0.2) is 29.2 Å². The average Bonchev–Trinajstić information content (AvgIpc) is 1.86. The van der Waals surface area contributed by atoms with Gasteiger partial charge in [0.1, 0.15) is 0 Å². The molecule has 0 aliphatic rings. The molecule has 1 N–H and O–H groups in total. The maximum atomic E-state index is 10.5. The number of hydrogen-bond acceptors (Lipinski definition) is 2. The summed E-state index contributed by atoms with van der Waals surface area (Å²) in [5.74, 6) is 0. The Morgan fingerprint density at radius 3 is 1.92 bits per heavy atom. The van der Waals surface area contributed by atoms with Crippen molar-refractivity contribution in [2.24, 2.45) is 0 Å². The standard InChI is InChI=1S/C7H8O3S.Fe/c1-6-2-4-7(5-3-6)11(8,9)10;/h2-5H,1H3,(H,8,9,10);/q;+2. The Morgan fingerprint density at radius 2 is 1.58 bits per heavy atom. The van der Waals surface area contributed by atoms with Crippen molar-refractivity contribution in [3.05, 3.63) is 29.8 Å². The number of hydrogen-bond donors (Lipinski definition) is 1. The molecule has 0 atom stereocenters. The van der Waals surface area contributed by atoms with Crippen LogP contribution in [0.5, 0.6) is 0 Å². The van der Waals surface area contributed by atoms with Gasteiger partial charge in [0.25, 0.3) is 10.1 Å². The number of aryl methyl sites for hydroxylation is 1. The quantitative estimate of drug-likeness (QED) is 0.581. The van der Waals surface area contributed by atoms with Gasteiger partial charge in [0.05, 0.1) is 4.90 Å². The predicted octanol–water partition coefficient (Wildman–Crippen LogP) is 1.24. The van der Waals surface area contributed by atoms with Gasteiger partial charge in [-0.15, -0.1) is 0 Å². The normalized spacial score (nSPS) is 10.5. The Balaban J connectivity index is 0.00000121. The fourth-order valence-corrected chi connectivity index (χ4v) is 1.19. The van der Waals surface area contributed by atoms with E-state index in [1.54, 1.807) is 12.1 Å². The molecule has 0 fully saturated rings. The summed E-state index contributed by atoms with van der Waals surface area (Å²) in [6.45, 7) is 1.84. The molecular weight excluding hydrogens is 220 g/mol. The molecule has 0 radical (unpaired) electrons. The first-order valence-electron chi connectivity index (χ1n) is 3.04. The molecule has 0 aliphatic heterocycles. The van der Waals surface area contributed by atoms with Crippen LogP contribution in [-0.4, -0.2) is 13.0 Å². The second-order valence-electron chi connectivity index (χ2n) is 2.29. The molecule has 0 saturated heterocycles. The first kappa shape index (κ1) is 11.6. The molecule has 0 amide bonds. The van der Waals surface area contributed by atoms with Gasteiger partial charge in [-0.25, -0.2) is 0 Å². The van der Waals surface area contributed by atoms with Gasteiger partial charge < -0.3 is 0 Å². The van der Waals surface area contributed by atoms with E-state index in [2.05, 4.69) is 0 Å². The van der Waals surface area contributed by atoms with Crippen LogP contribution in [0.3, 0.4) is 0 Å². The van der Waals surface area contributed by atoms with E-state index < -0.39 is 10.1 Å². The first-order chi connectivity index (χ1) is 5.00. The van der Waals surface area contributed by atoms with E-state index in [1.807, 2.05) is 6.92 Å². The van der Waals surface area contributed by atoms with Crippen LogP contribution >= 0.6 is 0 Å². The summed E-state index contributed by atoms with van der Waals surface area (Å²) >= 11 is 0. The van der Waals surface area contributed by atoms with Crippen molar-refractivity contribution in [3.8, 4) is 0 Å². The molecule has 1 aromatic carbocycles. The fourth-order valence-electron chi connectivity index (χ4n) is 0.710. The van der Waals surface area contributed by atoms with E-state index in [-0.39, 0.29) is 22.0 Å². The van der Waals surface area contributed by atoms with Gasteiger partial charge in [0, 0.05) is 0 Å². The minimum atomic E-state index is -4.02. The van der Waals surface area contributed by atoms with E-state index in [4.69, 9.17) is 4.55 Å². The van der Waals surface area contributed by atoms with Crippen molar-refractivity contribution < 1.29 is 30.0 Å². The van der Waals surface area contributed by atoms with Crippen molar-refractivity contribution in [3.63, 3.8) is 0 Å². The molecule has 0 bridgehead atoms. The second kappa shape index (κ2) is 4.05. The molecular formula is C7H8FeO3S+2. The molecule has 1 aromatic rings. The molecule has 3 nitrogen and oxygen atoms in total. The molecule has 12 heavy (non-hydrogen) atoms. The van der Waals surface area contributed by atoms with Crippen LogP contribution in [0.4, 0.5) is 0 Å². The smallest absolute Gasteiger partial charge is 0.282 e. The Labute approximate surface area is 82.0 Å². The fraction of sp³-hybridized carbons (Fsp3) is 0.143. The van der Waals surface area contributed by atoms with Gasteiger partial charge in [-0.1, -0.05) is 17.7 Å².